The predicted molar refractivity (Wildman–Crippen MR) is 81.2 cm³/mol. The summed E-state index contributed by atoms with van der Waals surface area (Å²) in [5, 5.41) is 12.7. The Hall–Kier alpha value is -0.510. The molecular formula is C15H25NOS. The molecule has 2 nitrogen and oxygen atoms in total. The van der Waals surface area contributed by atoms with E-state index in [9.17, 15) is 0 Å². The lowest BCUT2D eigenvalue weighted by molar-refractivity contribution is 0.265. The second kappa shape index (κ2) is 8.57. The minimum Gasteiger partial charge on any atom is -0.396 e. The average Bonchev–Trinajstić information content (AvgIpc) is 2.39. The first kappa shape index (κ1) is 15.5. The van der Waals surface area contributed by atoms with E-state index in [2.05, 4.69) is 49.7 Å². The molecule has 0 aliphatic carbocycles. The van der Waals surface area contributed by atoms with E-state index in [-0.39, 0.29) is 6.61 Å². The molecule has 0 amide bonds. The summed E-state index contributed by atoms with van der Waals surface area (Å²) in [5.41, 5.74) is 2.69. The molecule has 0 bridgehead atoms. The number of aliphatic hydroxyl groups excluding tert-OH is 1. The molecule has 3 heteroatoms. The van der Waals surface area contributed by atoms with Crippen molar-refractivity contribution in [2.75, 3.05) is 18.6 Å². The van der Waals surface area contributed by atoms with Crippen LogP contribution in [0.15, 0.2) is 24.3 Å². The predicted octanol–water partition coefficient (Wildman–Crippen LogP) is 3.01. The highest BCUT2D eigenvalue weighted by atomic mass is 32.2. The number of hydrogen-bond donors (Lipinski definition) is 2. The second-order valence-electron chi connectivity index (χ2n) is 4.65. The standard InChI is InChI=1S/C15H25NOS/c1-4-13-5-7-14(8-6-13)12(2)16-15(9-10-17)11-18-3/h5-8,12,15-17H,4,9-11H2,1-3H3. The fourth-order valence-corrected chi connectivity index (χ4v) is 2.73. The third-order valence-corrected chi connectivity index (χ3v) is 3.95. The minimum atomic E-state index is 0.250. The molecule has 0 fully saturated rings. The van der Waals surface area contributed by atoms with Crippen molar-refractivity contribution in [3.05, 3.63) is 35.4 Å². The first-order chi connectivity index (χ1) is 8.71. The van der Waals surface area contributed by atoms with Gasteiger partial charge in [0.25, 0.3) is 0 Å². The van der Waals surface area contributed by atoms with Gasteiger partial charge in [0.15, 0.2) is 0 Å². The van der Waals surface area contributed by atoms with Crippen molar-refractivity contribution in [2.45, 2.75) is 38.8 Å². The molecule has 2 N–H and O–H groups in total. The number of aliphatic hydroxyl groups is 1. The van der Waals surface area contributed by atoms with E-state index in [0.29, 0.717) is 12.1 Å². The van der Waals surface area contributed by atoms with Crippen LogP contribution in [0.4, 0.5) is 0 Å². The van der Waals surface area contributed by atoms with Gasteiger partial charge in [-0.1, -0.05) is 31.2 Å². The zero-order valence-electron chi connectivity index (χ0n) is 11.6. The summed E-state index contributed by atoms with van der Waals surface area (Å²) in [5.74, 6) is 1.04. The minimum absolute atomic E-state index is 0.250. The molecule has 0 aliphatic heterocycles. The monoisotopic (exact) mass is 267 g/mol. The van der Waals surface area contributed by atoms with Crippen LogP contribution in [-0.4, -0.2) is 29.8 Å². The average molecular weight is 267 g/mol. The highest BCUT2D eigenvalue weighted by Gasteiger charge is 2.12. The van der Waals surface area contributed by atoms with Crippen molar-refractivity contribution in [2.24, 2.45) is 0 Å². The Balaban J connectivity index is 2.58. The van der Waals surface area contributed by atoms with Gasteiger partial charge in [-0.25, -0.2) is 0 Å². The van der Waals surface area contributed by atoms with E-state index in [1.807, 2.05) is 11.8 Å². The lowest BCUT2D eigenvalue weighted by Crippen LogP contribution is -2.34. The molecule has 1 rings (SSSR count). The number of hydrogen-bond acceptors (Lipinski definition) is 3. The fraction of sp³-hybridized carbons (Fsp3) is 0.600. The maximum Gasteiger partial charge on any atom is 0.0446 e. The summed E-state index contributed by atoms with van der Waals surface area (Å²) < 4.78 is 0. The van der Waals surface area contributed by atoms with E-state index < -0.39 is 0 Å². The van der Waals surface area contributed by atoms with Gasteiger partial charge in [-0.2, -0.15) is 11.8 Å². The summed E-state index contributed by atoms with van der Waals surface area (Å²) in [6.07, 6.45) is 4.01. The Labute approximate surface area is 115 Å². The first-order valence-electron chi connectivity index (χ1n) is 6.66. The van der Waals surface area contributed by atoms with Crippen molar-refractivity contribution in [3.63, 3.8) is 0 Å². The van der Waals surface area contributed by atoms with Crippen LogP contribution in [0, 0.1) is 0 Å². The summed E-state index contributed by atoms with van der Waals surface area (Å²) in [4.78, 5) is 0. The van der Waals surface area contributed by atoms with E-state index in [1.165, 1.54) is 11.1 Å². The Kier molecular flexibility index (Phi) is 7.40. The number of rotatable bonds is 8. The van der Waals surface area contributed by atoms with Crippen molar-refractivity contribution < 1.29 is 5.11 Å². The van der Waals surface area contributed by atoms with E-state index in [0.717, 1.165) is 18.6 Å². The molecule has 2 unspecified atom stereocenters. The normalized spacial score (nSPS) is 14.4. The van der Waals surface area contributed by atoms with Gasteiger partial charge in [-0.05, 0) is 37.1 Å². The van der Waals surface area contributed by atoms with E-state index >= 15 is 0 Å². The SMILES string of the molecule is CCc1ccc(C(C)NC(CCO)CSC)cc1. The number of thioether (sulfide) groups is 1. The molecule has 1 aromatic carbocycles. The third kappa shape index (κ3) is 5.01. The van der Waals surface area contributed by atoms with E-state index in [4.69, 9.17) is 5.11 Å². The molecule has 0 heterocycles. The summed E-state index contributed by atoms with van der Waals surface area (Å²) in [6.45, 7) is 4.61. The molecule has 102 valence electrons. The van der Waals surface area contributed by atoms with Gasteiger partial charge in [0, 0.05) is 24.4 Å². The van der Waals surface area contributed by atoms with Gasteiger partial charge in [0.1, 0.15) is 0 Å². The second-order valence-corrected chi connectivity index (χ2v) is 5.56. The van der Waals surface area contributed by atoms with Gasteiger partial charge in [0.05, 0.1) is 0 Å². The van der Waals surface area contributed by atoms with E-state index in [1.54, 1.807) is 0 Å². The maximum atomic E-state index is 9.07. The summed E-state index contributed by atoms with van der Waals surface area (Å²) in [7, 11) is 0. The van der Waals surface area contributed by atoms with Crippen LogP contribution < -0.4 is 5.32 Å². The molecule has 0 saturated carbocycles. The molecular weight excluding hydrogens is 242 g/mol. The number of benzene rings is 1. The Morgan fingerprint density at radius 1 is 1.28 bits per heavy atom. The third-order valence-electron chi connectivity index (χ3n) is 3.22. The lowest BCUT2D eigenvalue weighted by atomic mass is 10.0. The van der Waals surface area contributed by atoms with Gasteiger partial charge >= 0.3 is 0 Å². The first-order valence-corrected chi connectivity index (χ1v) is 8.05. The molecule has 0 radical (unpaired) electrons. The highest BCUT2D eigenvalue weighted by molar-refractivity contribution is 7.98. The molecule has 2 atom stereocenters. The zero-order chi connectivity index (χ0) is 13.4. The van der Waals surface area contributed by atoms with Crippen LogP contribution in [0.2, 0.25) is 0 Å². The Morgan fingerprint density at radius 3 is 2.44 bits per heavy atom. The number of nitrogens with one attached hydrogen (secondary N) is 1. The number of aryl methyl sites for hydroxylation is 1. The van der Waals surface area contributed by atoms with Crippen LogP contribution in [-0.2, 0) is 6.42 Å². The Morgan fingerprint density at radius 2 is 1.94 bits per heavy atom. The van der Waals surface area contributed by atoms with Crippen molar-refractivity contribution >= 4 is 11.8 Å². The smallest absolute Gasteiger partial charge is 0.0446 e. The van der Waals surface area contributed by atoms with Crippen LogP contribution in [0.3, 0.4) is 0 Å². The summed E-state index contributed by atoms with van der Waals surface area (Å²) >= 11 is 1.82. The molecule has 0 aliphatic rings. The molecule has 18 heavy (non-hydrogen) atoms. The molecule has 0 aromatic heterocycles. The van der Waals surface area contributed by atoms with Gasteiger partial charge in [-0.3, -0.25) is 0 Å². The lowest BCUT2D eigenvalue weighted by Gasteiger charge is -2.22. The quantitative estimate of drug-likeness (QED) is 0.759. The van der Waals surface area contributed by atoms with Crippen molar-refractivity contribution in [3.8, 4) is 0 Å². The summed E-state index contributed by atoms with van der Waals surface area (Å²) in [6, 6.07) is 9.51. The topological polar surface area (TPSA) is 32.3 Å². The van der Waals surface area contributed by atoms with Gasteiger partial charge in [0.2, 0.25) is 0 Å². The molecule has 0 spiro atoms. The molecule has 1 aromatic rings. The van der Waals surface area contributed by atoms with Crippen molar-refractivity contribution in [1.82, 2.24) is 5.32 Å². The largest absolute Gasteiger partial charge is 0.396 e. The van der Waals surface area contributed by atoms with Crippen molar-refractivity contribution in [1.29, 1.82) is 0 Å². The van der Waals surface area contributed by atoms with Crippen LogP contribution in [0.25, 0.3) is 0 Å². The zero-order valence-corrected chi connectivity index (χ0v) is 12.5. The van der Waals surface area contributed by atoms with Gasteiger partial charge < -0.3 is 10.4 Å². The maximum absolute atomic E-state index is 9.07. The van der Waals surface area contributed by atoms with Crippen LogP contribution in [0.1, 0.15) is 37.4 Å². The fourth-order valence-electron chi connectivity index (χ4n) is 2.06. The highest BCUT2D eigenvalue weighted by Crippen LogP contribution is 2.16. The Bertz CT molecular complexity index is 320. The van der Waals surface area contributed by atoms with Gasteiger partial charge in [-0.15, -0.1) is 0 Å². The van der Waals surface area contributed by atoms with Crippen LogP contribution in [0.5, 0.6) is 0 Å². The molecule has 0 saturated heterocycles. The van der Waals surface area contributed by atoms with Crippen LogP contribution >= 0.6 is 11.8 Å².